The Morgan fingerprint density at radius 2 is 1.67 bits per heavy atom. The topological polar surface area (TPSA) is 15.3 Å². The first-order valence-electron chi connectivity index (χ1n) is 7.14. The minimum atomic E-state index is 0. The van der Waals surface area contributed by atoms with E-state index < -0.39 is 0 Å². The van der Waals surface area contributed by atoms with Gasteiger partial charge in [0.1, 0.15) is 0 Å². The zero-order valence-corrected chi connectivity index (χ0v) is 15.0. The van der Waals surface area contributed by atoms with Crippen LogP contribution in [0.15, 0.2) is 18.2 Å². The van der Waals surface area contributed by atoms with Gasteiger partial charge >= 0.3 is 0 Å². The number of benzene rings is 1. The molecule has 6 heteroatoms. The van der Waals surface area contributed by atoms with Crippen LogP contribution in [0.4, 0.5) is 0 Å². The summed E-state index contributed by atoms with van der Waals surface area (Å²) >= 11 is 12.8. The van der Waals surface area contributed by atoms with Crippen LogP contribution in [-0.2, 0) is 0 Å². The van der Waals surface area contributed by atoms with Crippen LogP contribution in [0, 0.1) is 5.92 Å². The fraction of sp³-hybridized carbons (Fsp3) is 0.600. The molecule has 0 spiro atoms. The van der Waals surface area contributed by atoms with Gasteiger partial charge in [0.05, 0.1) is 0 Å². The molecule has 2 nitrogen and oxygen atoms in total. The molecule has 1 heterocycles. The predicted molar refractivity (Wildman–Crippen MR) is 95.5 cm³/mol. The van der Waals surface area contributed by atoms with E-state index in [0.717, 1.165) is 47.7 Å². The molecule has 0 bridgehead atoms. The van der Waals surface area contributed by atoms with Crippen LogP contribution in [0.25, 0.3) is 0 Å². The fourth-order valence-electron chi connectivity index (χ4n) is 2.94. The van der Waals surface area contributed by atoms with Crippen molar-refractivity contribution in [1.29, 1.82) is 0 Å². The maximum atomic E-state index is 6.42. The van der Waals surface area contributed by atoms with Gasteiger partial charge in [-0.3, -0.25) is 4.90 Å². The van der Waals surface area contributed by atoms with Crippen molar-refractivity contribution in [2.75, 3.05) is 26.2 Å². The molecule has 1 saturated carbocycles. The Labute approximate surface area is 149 Å². The van der Waals surface area contributed by atoms with Crippen LogP contribution in [0.1, 0.15) is 30.9 Å². The molecule has 21 heavy (non-hydrogen) atoms. The summed E-state index contributed by atoms with van der Waals surface area (Å²) < 4.78 is 0. The summed E-state index contributed by atoms with van der Waals surface area (Å²) in [6, 6.07) is 6.24. The maximum absolute atomic E-state index is 6.42. The number of piperazine rings is 1. The molecule has 120 valence electrons. The number of hydrogen-bond donors (Lipinski definition) is 1. The van der Waals surface area contributed by atoms with Crippen molar-refractivity contribution in [2.45, 2.75) is 25.3 Å². The lowest BCUT2D eigenvalue weighted by atomic mass is 9.98. The smallest absolute Gasteiger partial charge is 0.0468 e. The molecular weight excluding hydrogens is 350 g/mol. The van der Waals surface area contributed by atoms with Crippen molar-refractivity contribution in [2.24, 2.45) is 5.92 Å². The highest BCUT2D eigenvalue weighted by molar-refractivity contribution is 6.36. The predicted octanol–water partition coefficient (Wildman–Crippen LogP) is 4.58. The Kier molecular flexibility index (Phi) is 8.11. The third-order valence-corrected chi connectivity index (χ3v) is 4.84. The Bertz CT molecular complexity index is 425. The second kappa shape index (κ2) is 8.81. The quantitative estimate of drug-likeness (QED) is 0.832. The average Bonchev–Trinajstić information content (AvgIpc) is 3.22. The molecule has 2 aliphatic rings. The summed E-state index contributed by atoms with van der Waals surface area (Å²) in [5.41, 5.74) is 1.14. The van der Waals surface area contributed by atoms with Gasteiger partial charge < -0.3 is 5.32 Å². The van der Waals surface area contributed by atoms with E-state index in [2.05, 4.69) is 10.2 Å². The average molecular weight is 372 g/mol. The van der Waals surface area contributed by atoms with Crippen molar-refractivity contribution in [3.05, 3.63) is 33.8 Å². The van der Waals surface area contributed by atoms with Gasteiger partial charge in [-0.05, 0) is 24.5 Å². The summed E-state index contributed by atoms with van der Waals surface area (Å²) in [5, 5.41) is 5.04. The van der Waals surface area contributed by atoms with E-state index in [1.54, 1.807) is 0 Å². The van der Waals surface area contributed by atoms with Crippen LogP contribution < -0.4 is 5.32 Å². The number of hydrogen-bond acceptors (Lipinski definition) is 2. The Morgan fingerprint density at radius 3 is 2.19 bits per heavy atom. The Morgan fingerprint density at radius 1 is 1.10 bits per heavy atom. The normalized spacial score (nSPS) is 20.3. The number of rotatable bonds is 4. The maximum Gasteiger partial charge on any atom is 0.0468 e. The summed E-state index contributed by atoms with van der Waals surface area (Å²) in [6.07, 6.45) is 3.93. The molecule has 0 amide bonds. The minimum absolute atomic E-state index is 0. The summed E-state index contributed by atoms with van der Waals surface area (Å²) in [6.45, 7) is 4.28. The lowest BCUT2D eigenvalue weighted by Crippen LogP contribution is -2.45. The fourth-order valence-corrected chi connectivity index (χ4v) is 3.59. The molecule has 0 radical (unpaired) electrons. The zero-order chi connectivity index (χ0) is 13.2. The second-order valence-electron chi connectivity index (χ2n) is 5.62. The van der Waals surface area contributed by atoms with Crippen LogP contribution in [-0.4, -0.2) is 31.1 Å². The minimum Gasteiger partial charge on any atom is -0.314 e. The number of nitrogens with zero attached hydrogens (tertiary/aromatic N) is 1. The van der Waals surface area contributed by atoms with E-state index in [0.29, 0.717) is 6.04 Å². The van der Waals surface area contributed by atoms with E-state index in [9.17, 15) is 0 Å². The first-order valence-corrected chi connectivity index (χ1v) is 7.90. The molecule has 1 aliphatic carbocycles. The molecule has 0 aromatic heterocycles. The standard InChI is InChI=1S/C15H20Cl2N2.2ClH/c16-12-2-1-3-13(17)15(12)14(10-11-4-5-11)19-8-6-18-7-9-19;;/h1-3,11,14,18H,4-10H2;2*1H/t14-;;/m1../s1. The molecule has 0 unspecified atom stereocenters. The largest absolute Gasteiger partial charge is 0.314 e. The lowest BCUT2D eigenvalue weighted by Gasteiger charge is -2.36. The molecule has 1 atom stereocenters. The van der Waals surface area contributed by atoms with Crippen molar-refractivity contribution in [1.82, 2.24) is 10.2 Å². The molecule has 1 N–H and O–H groups in total. The van der Waals surface area contributed by atoms with Crippen molar-refractivity contribution < 1.29 is 0 Å². The van der Waals surface area contributed by atoms with Crippen molar-refractivity contribution >= 4 is 48.0 Å². The highest BCUT2D eigenvalue weighted by atomic mass is 35.5. The van der Waals surface area contributed by atoms with Gasteiger partial charge in [0.15, 0.2) is 0 Å². The van der Waals surface area contributed by atoms with Gasteiger partial charge in [0.25, 0.3) is 0 Å². The van der Waals surface area contributed by atoms with Crippen LogP contribution >= 0.6 is 48.0 Å². The SMILES string of the molecule is Cl.Cl.Clc1cccc(Cl)c1[C@@H](CC1CC1)N1CCNCC1. The van der Waals surface area contributed by atoms with Gasteiger partial charge in [0, 0.05) is 47.8 Å². The molecule has 2 fully saturated rings. The van der Waals surface area contributed by atoms with Crippen molar-refractivity contribution in [3.8, 4) is 0 Å². The van der Waals surface area contributed by atoms with Gasteiger partial charge in [-0.2, -0.15) is 0 Å². The van der Waals surface area contributed by atoms with Gasteiger partial charge in [-0.15, -0.1) is 24.8 Å². The Balaban J connectivity index is 0.00000110. The molecule has 1 aromatic carbocycles. The highest BCUT2D eigenvalue weighted by Gasteiger charge is 2.32. The molecule has 1 aliphatic heterocycles. The molecule has 3 rings (SSSR count). The second-order valence-corrected chi connectivity index (χ2v) is 6.43. The third-order valence-electron chi connectivity index (χ3n) is 4.18. The van der Waals surface area contributed by atoms with Crippen LogP contribution in [0.5, 0.6) is 0 Å². The van der Waals surface area contributed by atoms with Gasteiger partial charge in [0.2, 0.25) is 0 Å². The monoisotopic (exact) mass is 370 g/mol. The number of nitrogens with one attached hydrogen (secondary N) is 1. The first kappa shape index (κ1) is 19.3. The van der Waals surface area contributed by atoms with E-state index >= 15 is 0 Å². The molecule has 1 saturated heterocycles. The van der Waals surface area contributed by atoms with Crippen molar-refractivity contribution in [3.63, 3.8) is 0 Å². The van der Waals surface area contributed by atoms with E-state index in [1.807, 2.05) is 18.2 Å². The van der Waals surface area contributed by atoms with Gasteiger partial charge in [-0.25, -0.2) is 0 Å². The summed E-state index contributed by atoms with van der Waals surface area (Å²) in [7, 11) is 0. The molecule has 1 aromatic rings. The third kappa shape index (κ3) is 4.89. The van der Waals surface area contributed by atoms with E-state index in [-0.39, 0.29) is 24.8 Å². The van der Waals surface area contributed by atoms with Crippen LogP contribution in [0.2, 0.25) is 10.0 Å². The van der Waals surface area contributed by atoms with Gasteiger partial charge in [-0.1, -0.05) is 42.1 Å². The van der Waals surface area contributed by atoms with Crippen LogP contribution in [0.3, 0.4) is 0 Å². The molecular formula is C15H22Cl4N2. The lowest BCUT2D eigenvalue weighted by molar-refractivity contribution is 0.160. The first-order chi connectivity index (χ1) is 9.25. The highest BCUT2D eigenvalue weighted by Crippen LogP contribution is 2.43. The number of halogens is 4. The summed E-state index contributed by atoms with van der Waals surface area (Å²) in [4.78, 5) is 2.54. The van der Waals surface area contributed by atoms with E-state index in [4.69, 9.17) is 23.2 Å². The Hall–Kier alpha value is 0.300. The zero-order valence-electron chi connectivity index (χ0n) is 11.9. The van der Waals surface area contributed by atoms with E-state index in [1.165, 1.54) is 19.3 Å². The summed E-state index contributed by atoms with van der Waals surface area (Å²) in [5.74, 6) is 0.868.